The minimum Gasteiger partial charge on any atom is -0.309 e. The number of nitrogens with zero attached hydrogens (tertiary/aromatic N) is 2. The molecule has 2 heterocycles. The summed E-state index contributed by atoms with van der Waals surface area (Å²) in [7, 11) is 0. The second kappa shape index (κ2) is 6.02. The summed E-state index contributed by atoms with van der Waals surface area (Å²) in [6, 6.07) is 4.66. The maximum atomic E-state index is 4.88. The molecule has 0 aliphatic heterocycles. The normalized spacial score (nSPS) is 18.0. The Balaban J connectivity index is 2.00. The fraction of sp³-hybridized carbons (Fsp3) is 0.500. The third-order valence-electron chi connectivity index (χ3n) is 3.88. The van der Waals surface area contributed by atoms with Gasteiger partial charge in [0.2, 0.25) is 0 Å². The third kappa shape index (κ3) is 2.50. The molecular weight excluding hydrogens is 266 g/mol. The minimum atomic E-state index is 0.490. The van der Waals surface area contributed by atoms with Crippen molar-refractivity contribution in [1.82, 2.24) is 15.3 Å². The van der Waals surface area contributed by atoms with Crippen LogP contribution in [-0.4, -0.2) is 16.5 Å². The zero-order valence-electron chi connectivity index (χ0n) is 12.1. The summed E-state index contributed by atoms with van der Waals surface area (Å²) in [6.45, 7) is 5.36. The van der Waals surface area contributed by atoms with Crippen molar-refractivity contribution in [2.45, 2.75) is 45.6 Å². The van der Waals surface area contributed by atoms with Crippen molar-refractivity contribution >= 4 is 11.3 Å². The number of hydrogen-bond acceptors (Lipinski definition) is 4. The van der Waals surface area contributed by atoms with Crippen molar-refractivity contribution in [3.05, 3.63) is 34.5 Å². The molecule has 1 atom stereocenters. The largest absolute Gasteiger partial charge is 0.309 e. The number of nitrogens with one attached hydrogen (secondary N) is 1. The summed E-state index contributed by atoms with van der Waals surface area (Å²) in [5.74, 6) is 0. The number of aryl methyl sites for hydroxylation is 2. The van der Waals surface area contributed by atoms with Gasteiger partial charge in [-0.2, -0.15) is 0 Å². The van der Waals surface area contributed by atoms with Crippen LogP contribution in [0.15, 0.2) is 18.3 Å². The highest BCUT2D eigenvalue weighted by Gasteiger charge is 2.25. The lowest BCUT2D eigenvalue weighted by Crippen LogP contribution is -2.23. The Bertz CT molecular complexity index is 591. The predicted octanol–water partition coefficient (Wildman–Crippen LogP) is 3.75. The van der Waals surface area contributed by atoms with Gasteiger partial charge < -0.3 is 5.32 Å². The molecule has 0 saturated carbocycles. The van der Waals surface area contributed by atoms with Crippen LogP contribution in [0.1, 0.15) is 48.9 Å². The molecule has 4 heteroatoms. The fourth-order valence-electron chi connectivity index (χ4n) is 2.88. The molecule has 0 bridgehead atoms. The molecule has 1 aliphatic rings. The van der Waals surface area contributed by atoms with Gasteiger partial charge >= 0.3 is 0 Å². The van der Waals surface area contributed by atoms with Crippen molar-refractivity contribution in [2.24, 2.45) is 0 Å². The Morgan fingerprint density at radius 3 is 3.10 bits per heavy atom. The van der Waals surface area contributed by atoms with Gasteiger partial charge in [-0.15, -0.1) is 11.3 Å². The first-order valence-corrected chi connectivity index (χ1v) is 8.32. The molecule has 0 aromatic carbocycles. The molecule has 20 heavy (non-hydrogen) atoms. The monoisotopic (exact) mass is 287 g/mol. The highest BCUT2D eigenvalue weighted by molar-refractivity contribution is 7.15. The summed E-state index contributed by atoms with van der Waals surface area (Å²) in [5, 5.41) is 4.68. The van der Waals surface area contributed by atoms with Crippen LogP contribution in [0.3, 0.4) is 0 Å². The van der Waals surface area contributed by atoms with E-state index < -0.39 is 0 Å². The van der Waals surface area contributed by atoms with E-state index in [-0.39, 0.29) is 0 Å². The van der Waals surface area contributed by atoms with Gasteiger partial charge in [-0.3, -0.25) is 4.98 Å². The minimum absolute atomic E-state index is 0.490. The van der Waals surface area contributed by atoms with Crippen LogP contribution in [0, 0.1) is 0 Å². The maximum Gasteiger partial charge on any atom is 0.142 e. The topological polar surface area (TPSA) is 37.8 Å². The predicted molar refractivity (Wildman–Crippen MR) is 84.1 cm³/mol. The molecule has 3 nitrogen and oxygen atoms in total. The maximum absolute atomic E-state index is 4.88. The lowest BCUT2D eigenvalue weighted by molar-refractivity contribution is 0.476. The molecule has 106 valence electrons. The summed E-state index contributed by atoms with van der Waals surface area (Å²) >= 11 is 1.83. The molecule has 1 unspecified atom stereocenters. The van der Waals surface area contributed by atoms with Crippen LogP contribution in [0.5, 0.6) is 0 Å². The number of thiazole rings is 1. The molecule has 0 saturated heterocycles. The smallest absolute Gasteiger partial charge is 0.142 e. The zero-order valence-corrected chi connectivity index (χ0v) is 13.0. The summed E-state index contributed by atoms with van der Waals surface area (Å²) < 4.78 is 0. The molecule has 0 spiro atoms. The van der Waals surface area contributed by atoms with E-state index in [9.17, 15) is 0 Å². The number of hydrogen-bond donors (Lipinski definition) is 1. The quantitative estimate of drug-likeness (QED) is 0.930. The van der Waals surface area contributed by atoms with Crippen molar-refractivity contribution in [2.75, 3.05) is 6.54 Å². The van der Waals surface area contributed by atoms with E-state index in [1.807, 2.05) is 23.6 Å². The molecule has 0 radical (unpaired) electrons. The van der Waals surface area contributed by atoms with E-state index in [1.165, 1.54) is 29.0 Å². The standard InChI is InChI=1S/C16H21N3S/c1-3-11-7-6-10-18-14(11)16-19-13-9-5-8-12(17-4-2)15(13)20-16/h6-7,10,12,17H,3-5,8-9H2,1-2H3. The number of fused-ring (bicyclic) bond motifs is 1. The summed E-state index contributed by atoms with van der Waals surface area (Å²) in [6.07, 6.45) is 6.45. The van der Waals surface area contributed by atoms with Gasteiger partial charge in [0.15, 0.2) is 0 Å². The first-order chi connectivity index (χ1) is 9.83. The lowest BCUT2D eigenvalue weighted by Gasteiger charge is -2.21. The van der Waals surface area contributed by atoms with Crippen LogP contribution in [-0.2, 0) is 12.8 Å². The Hall–Kier alpha value is -1.26. The highest BCUT2D eigenvalue weighted by Crippen LogP contribution is 2.38. The number of aromatic nitrogens is 2. The molecule has 0 amide bonds. The van der Waals surface area contributed by atoms with Gasteiger partial charge in [0.25, 0.3) is 0 Å². The molecule has 2 aromatic heterocycles. The SMILES string of the molecule is CCNC1CCCc2nc(-c3ncccc3CC)sc21. The molecule has 1 N–H and O–H groups in total. The second-order valence-corrected chi connectivity index (χ2v) is 6.23. The number of pyridine rings is 1. The highest BCUT2D eigenvalue weighted by atomic mass is 32.1. The Morgan fingerprint density at radius 2 is 2.30 bits per heavy atom. The van der Waals surface area contributed by atoms with Gasteiger partial charge in [-0.1, -0.05) is 19.9 Å². The molecule has 1 aliphatic carbocycles. The third-order valence-corrected chi connectivity index (χ3v) is 5.09. The van der Waals surface area contributed by atoms with Crippen LogP contribution < -0.4 is 5.32 Å². The van der Waals surface area contributed by atoms with Gasteiger partial charge in [0.1, 0.15) is 10.7 Å². The van der Waals surface area contributed by atoms with Crippen LogP contribution in [0.25, 0.3) is 10.7 Å². The van der Waals surface area contributed by atoms with E-state index in [0.717, 1.165) is 30.1 Å². The first-order valence-electron chi connectivity index (χ1n) is 7.50. The van der Waals surface area contributed by atoms with Crippen molar-refractivity contribution in [3.8, 4) is 10.7 Å². The summed E-state index contributed by atoms with van der Waals surface area (Å²) in [4.78, 5) is 10.9. The Labute approximate surface area is 124 Å². The van der Waals surface area contributed by atoms with Crippen LogP contribution in [0.4, 0.5) is 0 Å². The van der Waals surface area contributed by atoms with Crippen LogP contribution >= 0.6 is 11.3 Å². The van der Waals surface area contributed by atoms with E-state index in [2.05, 4.69) is 30.2 Å². The Kier molecular flexibility index (Phi) is 4.13. The molecule has 3 rings (SSSR count). The van der Waals surface area contributed by atoms with Crippen molar-refractivity contribution in [3.63, 3.8) is 0 Å². The van der Waals surface area contributed by atoms with Crippen LogP contribution in [0.2, 0.25) is 0 Å². The van der Waals surface area contributed by atoms with Crippen molar-refractivity contribution < 1.29 is 0 Å². The van der Waals surface area contributed by atoms with Crippen molar-refractivity contribution in [1.29, 1.82) is 0 Å². The molecule has 2 aromatic rings. The second-order valence-electron chi connectivity index (χ2n) is 5.20. The van der Waals surface area contributed by atoms with E-state index in [0.29, 0.717) is 6.04 Å². The fourth-order valence-corrected chi connectivity index (χ4v) is 4.13. The van der Waals surface area contributed by atoms with E-state index in [1.54, 1.807) is 0 Å². The zero-order chi connectivity index (χ0) is 13.9. The molecular formula is C16H21N3S. The van der Waals surface area contributed by atoms with E-state index in [4.69, 9.17) is 4.98 Å². The average Bonchev–Trinajstić information content (AvgIpc) is 2.92. The van der Waals surface area contributed by atoms with Gasteiger partial charge in [-0.05, 0) is 43.9 Å². The van der Waals surface area contributed by atoms with Gasteiger partial charge in [0.05, 0.1) is 5.69 Å². The van der Waals surface area contributed by atoms with Gasteiger partial charge in [-0.25, -0.2) is 4.98 Å². The first kappa shape index (κ1) is 13.7. The number of rotatable bonds is 4. The summed E-state index contributed by atoms with van der Waals surface area (Å²) in [5.41, 5.74) is 3.65. The Morgan fingerprint density at radius 1 is 1.40 bits per heavy atom. The van der Waals surface area contributed by atoms with E-state index >= 15 is 0 Å². The van der Waals surface area contributed by atoms with Gasteiger partial charge in [0, 0.05) is 17.1 Å². The average molecular weight is 287 g/mol. The lowest BCUT2D eigenvalue weighted by atomic mass is 9.98. The molecule has 0 fully saturated rings.